The van der Waals surface area contributed by atoms with E-state index in [-0.39, 0.29) is 5.92 Å². The quantitative estimate of drug-likeness (QED) is 0.533. The van der Waals surface area contributed by atoms with Gasteiger partial charge in [-0.05, 0) is 36.2 Å². The average Bonchev–Trinajstić information content (AvgIpc) is 3.00. The number of aryl methyl sites for hydroxylation is 1. The van der Waals surface area contributed by atoms with Gasteiger partial charge in [0.2, 0.25) is 0 Å². The number of hydrogen-bond donors (Lipinski definition) is 1. The van der Waals surface area contributed by atoms with Gasteiger partial charge in [0.1, 0.15) is 11.5 Å². The Morgan fingerprint density at radius 1 is 0.880 bits per heavy atom. The maximum atomic E-state index is 4.93. The molecule has 0 aliphatic carbocycles. The summed E-state index contributed by atoms with van der Waals surface area (Å²) >= 11 is 0. The van der Waals surface area contributed by atoms with Gasteiger partial charge in [0.25, 0.3) is 0 Å². The molecule has 0 radical (unpaired) electrons. The van der Waals surface area contributed by atoms with Gasteiger partial charge in [0.05, 0.1) is 5.69 Å². The highest BCUT2D eigenvalue weighted by atomic mass is 15.1. The van der Waals surface area contributed by atoms with Crippen molar-refractivity contribution in [1.29, 1.82) is 0 Å². The molecule has 4 aromatic rings. The zero-order valence-corrected chi connectivity index (χ0v) is 14.5. The third-order valence-corrected chi connectivity index (χ3v) is 4.54. The summed E-state index contributed by atoms with van der Waals surface area (Å²) in [4.78, 5) is 4.93. The van der Waals surface area contributed by atoms with Crippen LogP contribution in [-0.2, 0) is 0 Å². The number of hydrogen-bond acceptors (Lipinski definition) is 2. The van der Waals surface area contributed by atoms with Crippen molar-refractivity contribution in [2.75, 3.05) is 5.32 Å². The molecule has 1 unspecified atom stereocenters. The molecule has 0 bridgehead atoms. The molecule has 0 saturated carbocycles. The number of anilines is 2. The van der Waals surface area contributed by atoms with Crippen LogP contribution in [-0.4, -0.2) is 9.38 Å². The minimum atomic E-state index is 0.201. The fraction of sp³-hybridized carbons (Fsp3) is 0.136. The lowest BCUT2D eigenvalue weighted by atomic mass is 9.98. The maximum Gasteiger partial charge on any atom is 0.139 e. The fourth-order valence-corrected chi connectivity index (χ4v) is 3.15. The van der Waals surface area contributed by atoms with Gasteiger partial charge >= 0.3 is 0 Å². The number of imidazole rings is 1. The van der Waals surface area contributed by atoms with E-state index in [4.69, 9.17) is 4.98 Å². The van der Waals surface area contributed by atoms with E-state index in [2.05, 4.69) is 78.3 Å². The third kappa shape index (κ3) is 3.01. The first kappa shape index (κ1) is 15.5. The molecule has 4 rings (SSSR count). The molecule has 2 heterocycles. The fourth-order valence-electron chi connectivity index (χ4n) is 3.15. The Morgan fingerprint density at radius 3 is 2.28 bits per heavy atom. The van der Waals surface area contributed by atoms with Crippen LogP contribution in [0.4, 0.5) is 11.5 Å². The van der Waals surface area contributed by atoms with Crippen molar-refractivity contribution in [3.8, 4) is 0 Å². The third-order valence-electron chi connectivity index (χ3n) is 4.54. The minimum Gasteiger partial charge on any atom is -0.340 e. The molecule has 0 spiro atoms. The van der Waals surface area contributed by atoms with Crippen LogP contribution in [0, 0.1) is 6.92 Å². The van der Waals surface area contributed by atoms with Gasteiger partial charge in [-0.1, -0.05) is 61.5 Å². The van der Waals surface area contributed by atoms with E-state index in [0.29, 0.717) is 0 Å². The molecular formula is C22H21N3. The lowest BCUT2D eigenvalue weighted by Crippen LogP contribution is -2.03. The van der Waals surface area contributed by atoms with Crippen LogP contribution in [0.3, 0.4) is 0 Å². The van der Waals surface area contributed by atoms with Crippen LogP contribution in [0.2, 0.25) is 0 Å². The zero-order valence-electron chi connectivity index (χ0n) is 14.5. The van der Waals surface area contributed by atoms with Crippen molar-refractivity contribution in [3.05, 3.63) is 95.8 Å². The number of rotatable bonds is 4. The second kappa shape index (κ2) is 6.44. The van der Waals surface area contributed by atoms with E-state index in [0.717, 1.165) is 22.8 Å². The Bertz CT molecular complexity index is 988. The first-order chi connectivity index (χ1) is 12.2. The molecule has 2 aromatic carbocycles. The topological polar surface area (TPSA) is 29.3 Å². The second-order valence-electron chi connectivity index (χ2n) is 6.40. The van der Waals surface area contributed by atoms with Crippen LogP contribution in [0.15, 0.2) is 79.0 Å². The Morgan fingerprint density at radius 2 is 1.56 bits per heavy atom. The zero-order chi connectivity index (χ0) is 17.2. The summed E-state index contributed by atoms with van der Waals surface area (Å²) in [5, 5.41) is 3.57. The minimum absolute atomic E-state index is 0.201. The summed E-state index contributed by atoms with van der Waals surface area (Å²) in [6.07, 6.45) is 2.13. The summed E-state index contributed by atoms with van der Waals surface area (Å²) < 4.78 is 2.15. The summed E-state index contributed by atoms with van der Waals surface area (Å²) in [6.45, 7) is 4.31. The average molecular weight is 327 g/mol. The number of nitrogens with zero attached hydrogens (tertiary/aromatic N) is 2. The van der Waals surface area contributed by atoms with E-state index >= 15 is 0 Å². The molecular weight excluding hydrogens is 306 g/mol. The Balaban J connectivity index is 1.86. The highest BCUT2D eigenvalue weighted by molar-refractivity contribution is 5.65. The molecule has 1 N–H and O–H groups in total. The Kier molecular flexibility index (Phi) is 3.98. The van der Waals surface area contributed by atoms with Crippen molar-refractivity contribution in [2.24, 2.45) is 0 Å². The van der Waals surface area contributed by atoms with Gasteiger partial charge in [-0.25, -0.2) is 4.98 Å². The summed E-state index contributed by atoms with van der Waals surface area (Å²) in [7, 11) is 0. The molecule has 0 saturated heterocycles. The van der Waals surface area contributed by atoms with E-state index in [9.17, 15) is 0 Å². The van der Waals surface area contributed by atoms with Crippen LogP contribution < -0.4 is 5.32 Å². The van der Waals surface area contributed by atoms with E-state index in [1.54, 1.807) is 0 Å². The smallest absolute Gasteiger partial charge is 0.139 e. The number of nitrogens with one attached hydrogen (secondary N) is 1. The lowest BCUT2D eigenvalue weighted by Gasteiger charge is -2.14. The Labute approximate surface area is 148 Å². The predicted octanol–water partition coefficient (Wildman–Crippen LogP) is 5.54. The van der Waals surface area contributed by atoms with Crippen LogP contribution in [0.5, 0.6) is 0 Å². The van der Waals surface area contributed by atoms with Crippen molar-refractivity contribution in [1.82, 2.24) is 9.38 Å². The SMILES string of the molecule is Cc1ccc2nc(C(C)c3ccccc3)c(Nc3ccccc3)n2c1. The van der Waals surface area contributed by atoms with Crippen LogP contribution in [0.1, 0.15) is 29.7 Å². The maximum absolute atomic E-state index is 4.93. The molecule has 0 amide bonds. The molecule has 0 aliphatic rings. The van der Waals surface area contributed by atoms with Gasteiger partial charge in [-0.2, -0.15) is 0 Å². The largest absolute Gasteiger partial charge is 0.340 e. The molecule has 0 fully saturated rings. The molecule has 1 atom stereocenters. The van der Waals surface area contributed by atoms with Gasteiger partial charge in [-0.15, -0.1) is 0 Å². The number of para-hydroxylation sites is 1. The standard InChI is InChI=1S/C22H21N3/c1-16-13-14-20-24-21(17(2)18-9-5-3-6-10-18)22(25(20)15-16)23-19-11-7-4-8-12-19/h3-15,17,23H,1-2H3. The first-order valence-corrected chi connectivity index (χ1v) is 8.58. The Hall–Kier alpha value is -3.07. The summed E-state index contributed by atoms with van der Waals surface area (Å²) in [6, 6.07) is 25.0. The molecule has 25 heavy (non-hydrogen) atoms. The first-order valence-electron chi connectivity index (χ1n) is 8.58. The van der Waals surface area contributed by atoms with Crippen LogP contribution in [0.25, 0.3) is 5.65 Å². The van der Waals surface area contributed by atoms with Gasteiger partial charge in [0, 0.05) is 17.8 Å². The number of aromatic nitrogens is 2. The van der Waals surface area contributed by atoms with E-state index < -0.39 is 0 Å². The molecule has 0 aliphatic heterocycles. The number of pyridine rings is 1. The number of benzene rings is 2. The monoisotopic (exact) mass is 327 g/mol. The van der Waals surface area contributed by atoms with Gasteiger partial charge < -0.3 is 5.32 Å². The molecule has 124 valence electrons. The predicted molar refractivity (Wildman–Crippen MR) is 104 cm³/mol. The van der Waals surface area contributed by atoms with Crippen LogP contribution >= 0.6 is 0 Å². The van der Waals surface area contributed by atoms with Crippen molar-refractivity contribution in [3.63, 3.8) is 0 Å². The van der Waals surface area contributed by atoms with Gasteiger partial charge in [-0.3, -0.25) is 4.40 Å². The summed E-state index contributed by atoms with van der Waals surface area (Å²) in [5.74, 6) is 1.23. The van der Waals surface area contributed by atoms with Crippen molar-refractivity contribution >= 4 is 17.2 Å². The highest BCUT2D eigenvalue weighted by Gasteiger charge is 2.19. The highest BCUT2D eigenvalue weighted by Crippen LogP contribution is 2.32. The molecule has 3 heteroatoms. The number of fused-ring (bicyclic) bond motifs is 1. The summed E-state index contributed by atoms with van der Waals surface area (Å²) in [5.41, 5.74) is 5.55. The lowest BCUT2D eigenvalue weighted by molar-refractivity contribution is 0.888. The molecule has 2 aromatic heterocycles. The normalized spacial score (nSPS) is 12.2. The van der Waals surface area contributed by atoms with Crippen molar-refractivity contribution < 1.29 is 0 Å². The van der Waals surface area contributed by atoms with Crippen molar-refractivity contribution in [2.45, 2.75) is 19.8 Å². The van der Waals surface area contributed by atoms with Gasteiger partial charge in [0.15, 0.2) is 0 Å². The molecule has 3 nitrogen and oxygen atoms in total. The van der Waals surface area contributed by atoms with E-state index in [1.807, 2.05) is 24.3 Å². The second-order valence-corrected chi connectivity index (χ2v) is 6.40. The van der Waals surface area contributed by atoms with E-state index in [1.165, 1.54) is 11.1 Å².